The van der Waals surface area contributed by atoms with Gasteiger partial charge in [0.25, 0.3) is 0 Å². The number of ether oxygens (including phenoxy) is 1. The van der Waals surface area contributed by atoms with Crippen molar-refractivity contribution in [1.82, 2.24) is 9.55 Å². The third-order valence-corrected chi connectivity index (χ3v) is 6.07. The molecule has 0 radical (unpaired) electrons. The molecule has 1 saturated carbocycles. The molecule has 1 fully saturated rings. The summed E-state index contributed by atoms with van der Waals surface area (Å²) in [7, 11) is 0. The third-order valence-electron chi connectivity index (χ3n) is 6.07. The van der Waals surface area contributed by atoms with Gasteiger partial charge in [0.05, 0.1) is 16.9 Å². The summed E-state index contributed by atoms with van der Waals surface area (Å²) in [5, 5.41) is 10.3. The van der Waals surface area contributed by atoms with E-state index in [1.807, 2.05) is 30.3 Å². The zero-order chi connectivity index (χ0) is 21.5. The number of fused-ring (bicyclic) bond motifs is 1. The summed E-state index contributed by atoms with van der Waals surface area (Å²) in [5.74, 6) is 0.926. The van der Waals surface area contributed by atoms with E-state index in [0.717, 1.165) is 51.9 Å². The van der Waals surface area contributed by atoms with Crippen LogP contribution in [0.4, 0.5) is 11.4 Å². The van der Waals surface area contributed by atoms with Gasteiger partial charge < -0.3 is 20.8 Å². The van der Waals surface area contributed by atoms with Crippen LogP contribution in [0.15, 0.2) is 54.7 Å². The molecule has 0 unspecified atom stereocenters. The smallest absolute Gasteiger partial charge is 0.237 e. The van der Waals surface area contributed by atoms with Gasteiger partial charge in [-0.15, -0.1) is 0 Å². The first-order valence-electron chi connectivity index (χ1n) is 10.4. The maximum Gasteiger partial charge on any atom is 0.237 e. The van der Waals surface area contributed by atoms with Crippen molar-refractivity contribution in [2.24, 2.45) is 0 Å². The monoisotopic (exact) mass is 409 g/mol. The quantitative estimate of drug-likeness (QED) is 0.429. The van der Waals surface area contributed by atoms with E-state index in [9.17, 15) is 5.26 Å². The Morgan fingerprint density at radius 3 is 2.68 bits per heavy atom. The zero-order valence-electron chi connectivity index (χ0n) is 17.3. The lowest BCUT2D eigenvalue weighted by Crippen LogP contribution is -2.18. The fourth-order valence-electron chi connectivity index (χ4n) is 4.30. The summed E-state index contributed by atoms with van der Waals surface area (Å²) in [6, 6.07) is 17.7. The van der Waals surface area contributed by atoms with Crippen LogP contribution in [0.25, 0.3) is 22.2 Å². The van der Waals surface area contributed by atoms with E-state index in [-0.39, 0.29) is 0 Å². The first-order chi connectivity index (χ1) is 15.1. The van der Waals surface area contributed by atoms with Gasteiger partial charge in [-0.3, -0.25) is 0 Å². The Kier molecular flexibility index (Phi) is 4.52. The molecule has 6 heteroatoms. The summed E-state index contributed by atoms with van der Waals surface area (Å²) in [5.41, 5.74) is 18.8. The molecule has 0 atom stereocenters. The maximum absolute atomic E-state index is 9.34. The molecular weight excluding hydrogens is 386 g/mol. The number of nitriles is 1. The zero-order valence-corrected chi connectivity index (χ0v) is 17.3. The van der Waals surface area contributed by atoms with E-state index in [0.29, 0.717) is 23.2 Å². The topological polar surface area (TPSA) is 103 Å². The molecule has 6 nitrogen and oxygen atoms in total. The Bertz CT molecular complexity index is 1340. The van der Waals surface area contributed by atoms with Crippen molar-refractivity contribution in [2.45, 2.75) is 32.2 Å². The lowest BCUT2D eigenvalue weighted by atomic mass is 9.92. The fraction of sp³-hybridized carbons (Fsp3) is 0.200. The first kappa shape index (κ1) is 19.0. The van der Waals surface area contributed by atoms with Crippen LogP contribution < -0.4 is 16.2 Å². The van der Waals surface area contributed by atoms with Gasteiger partial charge in [-0.25, -0.2) is 4.98 Å². The van der Waals surface area contributed by atoms with Crippen molar-refractivity contribution in [2.75, 3.05) is 11.5 Å². The van der Waals surface area contributed by atoms with Gasteiger partial charge in [0, 0.05) is 34.9 Å². The largest absolute Gasteiger partial charge is 0.438 e. The van der Waals surface area contributed by atoms with Gasteiger partial charge in [-0.05, 0) is 68.1 Å². The second-order valence-corrected chi connectivity index (χ2v) is 8.04. The van der Waals surface area contributed by atoms with Crippen LogP contribution in [0.5, 0.6) is 11.6 Å². The van der Waals surface area contributed by atoms with Gasteiger partial charge in [-0.2, -0.15) is 5.26 Å². The summed E-state index contributed by atoms with van der Waals surface area (Å²) < 4.78 is 8.34. The standard InChI is InChI=1S/C25H23N5O/c1-15-12-17(27)7-9-20(15)24-23(28)21-10-8-19(13-22(21)30(24)18-5-2-6-18)31-25-16(14-26)4-3-11-29-25/h3-4,7-13,18H,2,5-6,27-28H2,1H3. The predicted octanol–water partition coefficient (Wildman–Crippen LogP) is 5.57. The number of hydrogen-bond acceptors (Lipinski definition) is 5. The van der Waals surface area contributed by atoms with Crippen molar-refractivity contribution in [3.8, 4) is 29.0 Å². The summed E-state index contributed by atoms with van der Waals surface area (Å²) >= 11 is 0. The van der Waals surface area contributed by atoms with E-state index in [1.54, 1.807) is 18.3 Å². The molecule has 0 spiro atoms. The number of nitrogen functional groups attached to an aromatic ring is 2. The highest BCUT2D eigenvalue weighted by atomic mass is 16.5. The number of nitrogens with zero attached hydrogens (tertiary/aromatic N) is 3. The van der Waals surface area contributed by atoms with Crippen molar-refractivity contribution in [1.29, 1.82) is 5.26 Å². The molecule has 2 aromatic carbocycles. The molecule has 1 aliphatic rings. The molecule has 0 bridgehead atoms. The fourth-order valence-corrected chi connectivity index (χ4v) is 4.30. The van der Waals surface area contributed by atoms with Gasteiger partial charge >= 0.3 is 0 Å². The average Bonchev–Trinajstić information content (AvgIpc) is 2.99. The number of pyridine rings is 1. The summed E-state index contributed by atoms with van der Waals surface area (Å²) in [6.45, 7) is 2.06. The summed E-state index contributed by atoms with van der Waals surface area (Å²) in [4.78, 5) is 4.21. The molecule has 0 amide bonds. The van der Waals surface area contributed by atoms with Gasteiger partial charge in [0.2, 0.25) is 5.88 Å². The molecule has 2 heterocycles. The lowest BCUT2D eigenvalue weighted by molar-refractivity contribution is 0.324. The van der Waals surface area contributed by atoms with Crippen LogP contribution in [0, 0.1) is 18.3 Å². The summed E-state index contributed by atoms with van der Waals surface area (Å²) in [6.07, 6.45) is 5.06. The number of anilines is 2. The van der Waals surface area contributed by atoms with Crippen molar-refractivity contribution in [3.05, 3.63) is 65.9 Å². The first-order valence-corrected chi connectivity index (χ1v) is 10.4. The Balaban J connectivity index is 1.69. The lowest BCUT2D eigenvalue weighted by Gasteiger charge is -2.30. The Labute approximate surface area is 180 Å². The number of rotatable bonds is 4. The van der Waals surface area contributed by atoms with Gasteiger partial charge in [0.15, 0.2) is 0 Å². The Morgan fingerprint density at radius 1 is 1.13 bits per heavy atom. The maximum atomic E-state index is 9.34. The molecule has 0 saturated heterocycles. The normalized spacial score (nSPS) is 13.7. The molecule has 4 aromatic rings. The van der Waals surface area contributed by atoms with Gasteiger partial charge in [0.1, 0.15) is 17.4 Å². The second-order valence-electron chi connectivity index (χ2n) is 8.04. The molecule has 5 rings (SSSR count). The minimum Gasteiger partial charge on any atom is -0.438 e. The number of aryl methyl sites for hydroxylation is 1. The molecular formula is C25H23N5O. The van der Waals surface area contributed by atoms with E-state index in [4.69, 9.17) is 16.2 Å². The van der Waals surface area contributed by atoms with Gasteiger partial charge in [-0.1, -0.05) is 6.07 Å². The highest BCUT2D eigenvalue weighted by Gasteiger charge is 2.27. The number of nitrogens with two attached hydrogens (primary N) is 2. The SMILES string of the molecule is Cc1cc(N)ccc1-c1c(N)c2ccc(Oc3ncccc3C#N)cc2n1C1CCC1. The van der Waals surface area contributed by atoms with E-state index >= 15 is 0 Å². The molecule has 4 N–H and O–H groups in total. The Hall–Kier alpha value is -3.98. The molecule has 1 aliphatic carbocycles. The number of benzene rings is 2. The van der Waals surface area contributed by atoms with E-state index < -0.39 is 0 Å². The van der Waals surface area contributed by atoms with Crippen LogP contribution in [0.2, 0.25) is 0 Å². The van der Waals surface area contributed by atoms with Crippen LogP contribution in [0.1, 0.15) is 36.4 Å². The highest BCUT2D eigenvalue weighted by Crippen LogP contribution is 2.45. The molecule has 154 valence electrons. The highest BCUT2D eigenvalue weighted by molar-refractivity contribution is 6.02. The molecule has 2 aromatic heterocycles. The third kappa shape index (κ3) is 3.15. The van der Waals surface area contributed by atoms with Crippen molar-refractivity contribution in [3.63, 3.8) is 0 Å². The van der Waals surface area contributed by atoms with Crippen molar-refractivity contribution < 1.29 is 4.74 Å². The van der Waals surface area contributed by atoms with Crippen LogP contribution in [-0.2, 0) is 0 Å². The number of hydrogen-bond donors (Lipinski definition) is 2. The molecule has 31 heavy (non-hydrogen) atoms. The van der Waals surface area contributed by atoms with Crippen LogP contribution >= 0.6 is 0 Å². The Morgan fingerprint density at radius 2 is 1.97 bits per heavy atom. The van der Waals surface area contributed by atoms with Crippen LogP contribution in [-0.4, -0.2) is 9.55 Å². The molecule has 0 aliphatic heterocycles. The van der Waals surface area contributed by atoms with Crippen molar-refractivity contribution >= 4 is 22.3 Å². The van der Waals surface area contributed by atoms with Crippen LogP contribution in [0.3, 0.4) is 0 Å². The minimum absolute atomic E-state index is 0.300. The predicted molar refractivity (Wildman–Crippen MR) is 123 cm³/mol. The van der Waals surface area contributed by atoms with E-state index in [1.165, 1.54) is 6.42 Å². The number of aromatic nitrogens is 2. The second kappa shape index (κ2) is 7.37. The van der Waals surface area contributed by atoms with E-state index in [2.05, 4.69) is 28.6 Å². The minimum atomic E-state index is 0.300. The average molecular weight is 409 g/mol.